The molecular formula is C17H27NO3. The minimum Gasteiger partial charge on any atom is -0.493 e. The molecule has 1 aromatic carbocycles. The smallest absolute Gasteiger partial charge is 0.256 e. The van der Waals surface area contributed by atoms with Crippen LogP contribution in [0.2, 0.25) is 0 Å². The number of nitrogens with one attached hydrogen (secondary N) is 1. The molecule has 1 amide bonds. The van der Waals surface area contributed by atoms with Gasteiger partial charge in [-0.1, -0.05) is 20.8 Å². The number of amides is 1. The fourth-order valence-electron chi connectivity index (χ4n) is 1.81. The lowest BCUT2D eigenvalue weighted by Crippen LogP contribution is -2.42. The summed E-state index contributed by atoms with van der Waals surface area (Å²) in [4.78, 5) is 12.3. The van der Waals surface area contributed by atoms with Gasteiger partial charge in [0.25, 0.3) is 5.91 Å². The first kappa shape index (κ1) is 17.5. The van der Waals surface area contributed by atoms with Crippen LogP contribution in [0.3, 0.4) is 0 Å². The van der Waals surface area contributed by atoms with E-state index in [1.165, 1.54) is 0 Å². The first-order valence-corrected chi connectivity index (χ1v) is 7.59. The molecule has 0 saturated heterocycles. The average molecular weight is 293 g/mol. The zero-order valence-corrected chi connectivity index (χ0v) is 13.7. The number of ether oxygens (including phenoxy) is 2. The molecule has 0 aliphatic rings. The zero-order chi connectivity index (χ0) is 15.9. The molecule has 1 rings (SSSR count). The van der Waals surface area contributed by atoms with E-state index in [0.717, 1.165) is 11.4 Å². The maximum Gasteiger partial charge on any atom is 0.256 e. The number of hydrogen-bond donors (Lipinski definition) is 1. The van der Waals surface area contributed by atoms with Crippen LogP contribution in [0.1, 0.15) is 41.0 Å². The van der Waals surface area contributed by atoms with Crippen LogP contribution >= 0.6 is 0 Å². The Balaban J connectivity index is 2.64. The summed E-state index contributed by atoms with van der Waals surface area (Å²) in [5.41, 5.74) is -0.0436. The van der Waals surface area contributed by atoms with Crippen LogP contribution in [0.25, 0.3) is 0 Å². The van der Waals surface area contributed by atoms with Gasteiger partial charge in [-0.15, -0.1) is 0 Å². The second-order valence-corrected chi connectivity index (χ2v) is 5.70. The molecule has 21 heavy (non-hydrogen) atoms. The quantitative estimate of drug-likeness (QED) is 0.791. The Labute approximate surface area is 127 Å². The highest BCUT2D eigenvalue weighted by molar-refractivity contribution is 5.97. The third kappa shape index (κ3) is 5.38. The van der Waals surface area contributed by atoms with Crippen molar-refractivity contribution in [3.05, 3.63) is 24.3 Å². The molecular weight excluding hydrogens is 266 g/mol. The Morgan fingerprint density at radius 3 is 2.33 bits per heavy atom. The summed E-state index contributed by atoms with van der Waals surface area (Å²) in [5.74, 6) is 1.17. The van der Waals surface area contributed by atoms with Gasteiger partial charge in [0.05, 0.1) is 6.61 Å². The normalized spacial score (nSPS) is 13.8. The largest absolute Gasteiger partial charge is 0.493 e. The molecule has 0 bridgehead atoms. The summed E-state index contributed by atoms with van der Waals surface area (Å²) in [6, 6.07) is 7.41. The molecule has 0 spiro atoms. The van der Waals surface area contributed by atoms with Gasteiger partial charge in [-0.05, 0) is 50.5 Å². The minimum absolute atomic E-state index is 0.123. The summed E-state index contributed by atoms with van der Waals surface area (Å²) in [6.45, 7) is 11.1. The first-order valence-electron chi connectivity index (χ1n) is 7.59. The lowest BCUT2D eigenvalue weighted by molar-refractivity contribution is -0.139. The molecule has 1 N–H and O–H groups in total. The van der Waals surface area contributed by atoms with Crippen molar-refractivity contribution in [2.45, 2.75) is 46.6 Å². The lowest BCUT2D eigenvalue weighted by atomic mass is 10.0. The Morgan fingerprint density at radius 1 is 1.24 bits per heavy atom. The highest BCUT2D eigenvalue weighted by Gasteiger charge is 2.31. The molecule has 1 aromatic rings. The summed E-state index contributed by atoms with van der Waals surface area (Å²) < 4.78 is 11.2. The van der Waals surface area contributed by atoms with Crippen molar-refractivity contribution < 1.29 is 14.3 Å². The van der Waals surface area contributed by atoms with Gasteiger partial charge < -0.3 is 14.8 Å². The third-order valence-corrected chi connectivity index (χ3v) is 3.31. The van der Waals surface area contributed by atoms with E-state index in [-0.39, 0.29) is 5.91 Å². The number of carbonyl (C=O) groups is 1. The summed E-state index contributed by atoms with van der Waals surface area (Å²) in [7, 11) is 0. The van der Waals surface area contributed by atoms with E-state index in [9.17, 15) is 4.79 Å². The van der Waals surface area contributed by atoms with E-state index < -0.39 is 5.60 Å². The molecule has 0 radical (unpaired) electrons. The number of hydrogen-bond acceptors (Lipinski definition) is 3. The maximum atomic E-state index is 12.3. The highest BCUT2D eigenvalue weighted by Crippen LogP contribution is 2.21. The molecule has 0 unspecified atom stereocenters. The SMILES string of the molecule is CCO[C@](C)(CC)C(=O)Nc1ccc(OCC(C)C)cc1. The summed E-state index contributed by atoms with van der Waals surface area (Å²) in [6.07, 6.45) is 0.627. The predicted octanol–water partition coefficient (Wildman–Crippen LogP) is 3.87. The van der Waals surface area contributed by atoms with E-state index in [4.69, 9.17) is 9.47 Å². The van der Waals surface area contributed by atoms with Crippen LogP contribution in [0.15, 0.2) is 24.3 Å². The van der Waals surface area contributed by atoms with Gasteiger partial charge in [0.2, 0.25) is 0 Å². The van der Waals surface area contributed by atoms with Gasteiger partial charge >= 0.3 is 0 Å². The van der Waals surface area contributed by atoms with Crippen molar-refractivity contribution in [2.24, 2.45) is 5.92 Å². The molecule has 4 nitrogen and oxygen atoms in total. The molecule has 118 valence electrons. The Morgan fingerprint density at radius 2 is 1.86 bits per heavy atom. The van der Waals surface area contributed by atoms with Crippen LogP contribution in [0.4, 0.5) is 5.69 Å². The molecule has 0 aliphatic heterocycles. The van der Waals surface area contributed by atoms with E-state index in [2.05, 4.69) is 19.2 Å². The van der Waals surface area contributed by atoms with E-state index in [0.29, 0.717) is 25.6 Å². The lowest BCUT2D eigenvalue weighted by Gasteiger charge is -2.26. The highest BCUT2D eigenvalue weighted by atomic mass is 16.5. The van der Waals surface area contributed by atoms with Crippen LogP contribution in [-0.4, -0.2) is 24.7 Å². The summed E-state index contributed by atoms with van der Waals surface area (Å²) in [5, 5.41) is 2.89. The predicted molar refractivity (Wildman–Crippen MR) is 85.7 cm³/mol. The first-order chi connectivity index (χ1) is 9.91. The van der Waals surface area contributed by atoms with Crippen molar-refractivity contribution in [1.82, 2.24) is 0 Å². The van der Waals surface area contributed by atoms with Crippen molar-refractivity contribution in [3.63, 3.8) is 0 Å². The number of rotatable bonds is 8. The molecule has 0 aromatic heterocycles. The third-order valence-electron chi connectivity index (χ3n) is 3.31. The summed E-state index contributed by atoms with van der Waals surface area (Å²) >= 11 is 0. The zero-order valence-electron chi connectivity index (χ0n) is 13.7. The number of benzene rings is 1. The number of anilines is 1. The standard InChI is InChI=1S/C17H27NO3/c1-6-17(5,21-7-2)16(19)18-14-8-10-15(11-9-14)20-12-13(3)4/h8-11,13H,6-7,12H2,1-5H3,(H,18,19)/t17-/m1/s1. The second kappa shape index (κ2) is 8.03. The van der Waals surface area contributed by atoms with Gasteiger partial charge in [-0.25, -0.2) is 0 Å². The number of carbonyl (C=O) groups excluding carboxylic acids is 1. The van der Waals surface area contributed by atoms with Crippen molar-refractivity contribution in [3.8, 4) is 5.75 Å². The fraction of sp³-hybridized carbons (Fsp3) is 0.588. The topological polar surface area (TPSA) is 47.6 Å². The fourth-order valence-corrected chi connectivity index (χ4v) is 1.81. The molecule has 1 atom stereocenters. The van der Waals surface area contributed by atoms with Crippen LogP contribution in [0, 0.1) is 5.92 Å². The Bertz CT molecular complexity index is 442. The molecule has 0 aliphatic carbocycles. The Kier molecular flexibility index (Phi) is 6.69. The van der Waals surface area contributed by atoms with Gasteiger partial charge in [0.1, 0.15) is 11.4 Å². The van der Waals surface area contributed by atoms with Gasteiger partial charge in [0, 0.05) is 12.3 Å². The van der Waals surface area contributed by atoms with E-state index in [1.54, 1.807) is 0 Å². The molecule has 0 saturated carbocycles. The van der Waals surface area contributed by atoms with Gasteiger partial charge in [-0.2, -0.15) is 0 Å². The van der Waals surface area contributed by atoms with Gasteiger partial charge in [0.15, 0.2) is 0 Å². The minimum atomic E-state index is -0.790. The van der Waals surface area contributed by atoms with E-state index >= 15 is 0 Å². The molecule has 0 heterocycles. The second-order valence-electron chi connectivity index (χ2n) is 5.70. The Hall–Kier alpha value is -1.55. The monoisotopic (exact) mass is 293 g/mol. The van der Waals surface area contributed by atoms with Gasteiger partial charge in [-0.3, -0.25) is 4.79 Å². The van der Waals surface area contributed by atoms with Crippen LogP contribution in [0.5, 0.6) is 5.75 Å². The van der Waals surface area contributed by atoms with Crippen LogP contribution < -0.4 is 10.1 Å². The molecule has 0 fully saturated rings. The van der Waals surface area contributed by atoms with E-state index in [1.807, 2.05) is 45.0 Å². The van der Waals surface area contributed by atoms with Crippen molar-refractivity contribution in [2.75, 3.05) is 18.5 Å². The maximum absolute atomic E-state index is 12.3. The van der Waals surface area contributed by atoms with Crippen molar-refractivity contribution in [1.29, 1.82) is 0 Å². The van der Waals surface area contributed by atoms with Crippen LogP contribution in [-0.2, 0) is 9.53 Å². The average Bonchev–Trinajstić information content (AvgIpc) is 2.46. The van der Waals surface area contributed by atoms with Crippen molar-refractivity contribution >= 4 is 11.6 Å². The molecule has 4 heteroatoms.